The van der Waals surface area contributed by atoms with E-state index in [4.69, 9.17) is 18.9 Å². The zero-order chi connectivity index (χ0) is 26.9. The largest absolute Gasteiger partial charge is 0.493 e. The number of fused-ring (bicyclic) bond motifs is 3. The highest BCUT2D eigenvalue weighted by Crippen LogP contribution is 2.50. The average Bonchev–Trinajstić information content (AvgIpc) is 3.15. The van der Waals surface area contributed by atoms with Crippen molar-refractivity contribution < 1.29 is 39.4 Å². The van der Waals surface area contributed by atoms with E-state index in [2.05, 4.69) is 5.32 Å². The number of rotatable bonds is 7. The molecule has 0 spiro atoms. The summed E-state index contributed by atoms with van der Waals surface area (Å²) in [6.45, 7) is -0.538. The van der Waals surface area contributed by atoms with E-state index in [1.54, 1.807) is 26.4 Å². The van der Waals surface area contributed by atoms with Gasteiger partial charge < -0.3 is 39.4 Å². The Hall–Kier alpha value is -2.38. The molecule has 2 aromatic rings. The maximum Gasteiger partial charge on any atom is 0.203 e. The molecular weight excluding hydrogens is 502 g/mol. The number of ether oxygens (including phenoxy) is 4. The van der Waals surface area contributed by atoms with E-state index < -0.39 is 43.3 Å². The second kappa shape index (κ2) is 11.6. The third kappa shape index (κ3) is 5.05. The van der Waals surface area contributed by atoms with Crippen molar-refractivity contribution >= 4 is 11.8 Å². The van der Waals surface area contributed by atoms with Crippen LogP contribution in [-0.4, -0.2) is 85.3 Å². The molecule has 0 amide bonds. The van der Waals surface area contributed by atoms with E-state index in [9.17, 15) is 25.2 Å². The normalized spacial score (nSPS) is 27.0. The molecule has 0 bridgehead atoms. The zero-order valence-electron chi connectivity index (χ0n) is 21.1. The molecule has 1 aliphatic carbocycles. The van der Waals surface area contributed by atoms with E-state index in [1.807, 2.05) is 18.4 Å². The molecule has 0 saturated carbocycles. The number of hydrogen-bond donors (Lipinski definition) is 5. The van der Waals surface area contributed by atoms with Gasteiger partial charge in [0.2, 0.25) is 5.75 Å². The van der Waals surface area contributed by atoms with Gasteiger partial charge in [-0.2, -0.15) is 0 Å². The van der Waals surface area contributed by atoms with Crippen molar-refractivity contribution in [3.05, 3.63) is 45.6 Å². The van der Waals surface area contributed by atoms with Crippen molar-refractivity contribution in [3.63, 3.8) is 0 Å². The lowest BCUT2D eigenvalue weighted by Crippen LogP contribution is -2.62. The minimum absolute atomic E-state index is 0.169. The second-order valence-corrected chi connectivity index (χ2v) is 9.81. The maximum absolute atomic E-state index is 13.1. The first-order valence-electron chi connectivity index (χ1n) is 11.9. The second-order valence-electron chi connectivity index (χ2n) is 8.97. The summed E-state index contributed by atoms with van der Waals surface area (Å²) in [5, 5.41) is 44.0. The molecule has 1 aliphatic heterocycles. The molecule has 4 rings (SSSR count). The van der Waals surface area contributed by atoms with Gasteiger partial charge in [0, 0.05) is 11.6 Å². The van der Waals surface area contributed by atoms with E-state index in [-0.39, 0.29) is 5.43 Å². The Morgan fingerprint density at radius 2 is 1.76 bits per heavy atom. The van der Waals surface area contributed by atoms with Gasteiger partial charge in [0.15, 0.2) is 16.9 Å². The molecule has 6 atom stereocenters. The minimum atomic E-state index is -1.52. The van der Waals surface area contributed by atoms with E-state index in [0.717, 1.165) is 16.7 Å². The van der Waals surface area contributed by atoms with E-state index in [0.29, 0.717) is 40.5 Å². The first-order valence-corrected chi connectivity index (χ1v) is 13.1. The molecule has 0 aromatic heterocycles. The molecule has 37 heavy (non-hydrogen) atoms. The first-order chi connectivity index (χ1) is 17.8. The van der Waals surface area contributed by atoms with Crippen LogP contribution in [0.5, 0.6) is 17.2 Å². The highest BCUT2D eigenvalue weighted by Gasteiger charge is 2.44. The van der Waals surface area contributed by atoms with Crippen LogP contribution >= 0.6 is 11.8 Å². The number of methoxy groups -OCH3 is 3. The highest BCUT2D eigenvalue weighted by molar-refractivity contribution is 7.98. The van der Waals surface area contributed by atoms with Gasteiger partial charge in [-0.1, -0.05) is 6.07 Å². The van der Waals surface area contributed by atoms with Crippen LogP contribution in [0.1, 0.15) is 23.6 Å². The van der Waals surface area contributed by atoms with Crippen molar-refractivity contribution in [3.8, 4) is 28.4 Å². The molecule has 0 radical (unpaired) electrons. The van der Waals surface area contributed by atoms with Gasteiger partial charge >= 0.3 is 0 Å². The van der Waals surface area contributed by atoms with Crippen molar-refractivity contribution in [1.29, 1.82) is 0 Å². The molecular formula is C26H33NO9S. The molecule has 2 aliphatic rings. The third-order valence-corrected chi connectivity index (χ3v) is 7.76. The summed E-state index contributed by atoms with van der Waals surface area (Å²) in [5.41, 5.74) is 2.88. The number of aryl methyl sites for hydroxylation is 1. The van der Waals surface area contributed by atoms with Crippen LogP contribution < -0.4 is 25.0 Å². The van der Waals surface area contributed by atoms with Gasteiger partial charge in [-0.15, -0.1) is 11.8 Å². The molecule has 10 nitrogen and oxygen atoms in total. The maximum atomic E-state index is 13.1. The Labute approximate surface area is 219 Å². The Bertz CT molecular complexity index is 1190. The summed E-state index contributed by atoms with van der Waals surface area (Å²) >= 11 is 1.34. The Kier molecular flexibility index (Phi) is 8.64. The predicted molar refractivity (Wildman–Crippen MR) is 138 cm³/mol. The van der Waals surface area contributed by atoms with Crippen molar-refractivity contribution in [2.75, 3.05) is 34.2 Å². The van der Waals surface area contributed by atoms with Crippen LogP contribution in [0.4, 0.5) is 0 Å². The number of hydrogen-bond acceptors (Lipinski definition) is 11. The number of aliphatic hydroxyl groups excluding tert-OH is 4. The van der Waals surface area contributed by atoms with Crippen molar-refractivity contribution in [1.82, 2.24) is 5.32 Å². The van der Waals surface area contributed by atoms with Gasteiger partial charge in [0.25, 0.3) is 0 Å². The Morgan fingerprint density at radius 1 is 1.03 bits per heavy atom. The number of aliphatic hydroxyl groups is 4. The number of benzene rings is 1. The number of thioether (sulfide) groups is 1. The molecule has 11 heteroatoms. The van der Waals surface area contributed by atoms with E-state index in [1.165, 1.54) is 18.9 Å². The van der Waals surface area contributed by atoms with Crippen molar-refractivity contribution in [2.45, 2.75) is 54.4 Å². The third-order valence-electron chi connectivity index (χ3n) is 6.98. The standard InChI is InChI=1S/C26H33NO9S/c1-33-17-9-12-5-7-15(27-26-23(32)22(31)21(30)18(11-28)36-26)14-10-16(29)19(37-4)8-6-13(14)20(12)25(35-3)24(17)34-2/h6,8-10,15,18,21-23,26-28,30-32H,5,7,11H2,1-4H3/t15-,18-,21+,22+,23+,26-/m0/s1. The summed E-state index contributed by atoms with van der Waals surface area (Å²) in [7, 11) is 4.62. The van der Waals surface area contributed by atoms with Crippen LogP contribution in [0.2, 0.25) is 0 Å². The van der Waals surface area contributed by atoms with Gasteiger partial charge in [0.05, 0.1) is 32.8 Å². The molecule has 202 valence electrons. The molecule has 1 saturated heterocycles. The lowest BCUT2D eigenvalue weighted by atomic mass is 9.94. The molecule has 2 aromatic carbocycles. The van der Waals surface area contributed by atoms with Crippen LogP contribution in [-0.2, 0) is 11.2 Å². The molecule has 1 fully saturated rings. The van der Waals surface area contributed by atoms with Crippen LogP contribution in [0, 0.1) is 0 Å². The summed E-state index contributed by atoms with van der Waals surface area (Å²) in [4.78, 5) is 13.7. The topological polar surface area (TPSA) is 147 Å². The van der Waals surface area contributed by atoms with Gasteiger partial charge in [-0.05, 0) is 54.0 Å². The van der Waals surface area contributed by atoms with Gasteiger partial charge in [-0.25, -0.2) is 0 Å². The fraction of sp³-hybridized carbons (Fsp3) is 0.500. The van der Waals surface area contributed by atoms with Gasteiger partial charge in [-0.3, -0.25) is 10.1 Å². The summed E-state index contributed by atoms with van der Waals surface area (Å²) in [6, 6.07) is 6.58. The molecule has 5 N–H and O–H groups in total. The average molecular weight is 536 g/mol. The molecule has 0 unspecified atom stereocenters. The molecule has 1 heterocycles. The first kappa shape index (κ1) is 27.6. The lowest BCUT2D eigenvalue weighted by molar-refractivity contribution is -0.238. The fourth-order valence-corrected chi connectivity index (χ4v) is 5.54. The quantitative estimate of drug-likeness (QED) is 0.321. The predicted octanol–water partition coefficient (Wildman–Crippen LogP) is 0.838. The van der Waals surface area contributed by atoms with Gasteiger partial charge in [0.1, 0.15) is 30.6 Å². The zero-order valence-corrected chi connectivity index (χ0v) is 21.9. The lowest BCUT2D eigenvalue weighted by Gasteiger charge is -2.41. The van der Waals surface area contributed by atoms with Crippen molar-refractivity contribution in [2.24, 2.45) is 0 Å². The van der Waals surface area contributed by atoms with Crippen LogP contribution in [0.3, 0.4) is 0 Å². The summed E-state index contributed by atoms with van der Waals surface area (Å²) in [6.07, 6.45) is -3.76. The SMILES string of the molecule is COc1cc2c(c(OC)c1OC)-c1ccc(SC)c(=O)cc1[C@@H](N[C@H]1O[C@@H](CO)[C@@H](O)[C@@H](O)[C@H]1O)CC2. The summed E-state index contributed by atoms with van der Waals surface area (Å²) < 4.78 is 22.7. The highest BCUT2D eigenvalue weighted by atomic mass is 32.2. The smallest absolute Gasteiger partial charge is 0.203 e. The fourth-order valence-electron chi connectivity index (χ4n) is 5.08. The Morgan fingerprint density at radius 3 is 2.38 bits per heavy atom. The van der Waals surface area contributed by atoms with Crippen LogP contribution in [0.25, 0.3) is 11.1 Å². The minimum Gasteiger partial charge on any atom is -0.493 e. The number of nitrogens with one attached hydrogen (secondary N) is 1. The monoisotopic (exact) mass is 535 g/mol. The Balaban J connectivity index is 1.89. The summed E-state index contributed by atoms with van der Waals surface area (Å²) in [5.74, 6) is 1.40. The van der Waals surface area contributed by atoms with Crippen LogP contribution in [0.15, 0.2) is 34.0 Å². The van der Waals surface area contributed by atoms with E-state index >= 15 is 0 Å².